The molecule has 2 fully saturated rings. The Morgan fingerprint density at radius 3 is 2.88 bits per heavy atom. The Bertz CT molecular complexity index is 430. The fraction of sp³-hybridized carbons (Fsp3) is 0.667. The summed E-state index contributed by atoms with van der Waals surface area (Å²) in [5.74, 6) is 1.55. The van der Waals surface area contributed by atoms with Gasteiger partial charge in [-0.3, -0.25) is 4.79 Å². The number of ether oxygens (including phenoxy) is 1. The molecule has 4 unspecified atom stereocenters. The van der Waals surface area contributed by atoms with Gasteiger partial charge in [0.05, 0.1) is 12.2 Å². The third-order valence-electron chi connectivity index (χ3n) is 5.24. The zero-order valence-electron chi connectivity index (χ0n) is 10.8. The van der Waals surface area contributed by atoms with Crippen LogP contribution in [-0.4, -0.2) is 5.97 Å². The van der Waals surface area contributed by atoms with Crippen LogP contribution in [0.3, 0.4) is 0 Å². The minimum Gasteiger partial charge on any atom is -0.434 e. The van der Waals surface area contributed by atoms with Gasteiger partial charge in [0.2, 0.25) is 0 Å². The molecule has 1 heterocycles. The molecule has 2 nitrogen and oxygen atoms in total. The molecule has 2 saturated carbocycles. The van der Waals surface area contributed by atoms with E-state index in [2.05, 4.69) is 27.4 Å². The molecule has 0 bridgehead atoms. The van der Waals surface area contributed by atoms with Crippen LogP contribution < -0.4 is 0 Å². The second-order valence-electron chi connectivity index (χ2n) is 6.45. The first kappa shape index (κ1) is 11.1. The van der Waals surface area contributed by atoms with E-state index in [0.29, 0.717) is 17.3 Å². The molecule has 0 aromatic rings. The SMILES string of the molecule is C=C1CCC2C(C3C(C)=COC(=O)C13)C2(C)C. The molecule has 1 aliphatic heterocycles. The molecular weight excluding hydrogens is 212 g/mol. The van der Waals surface area contributed by atoms with Crippen LogP contribution in [0.1, 0.15) is 33.6 Å². The van der Waals surface area contributed by atoms with Crippen molar-refractivity contribution < 1.29 is 9.53 Å². The summed E-state index contributed by atoms with van der Waals surface area (Å²) >= 11 is 0. The van der Waals surface area contributed by atoms with Crippen LogP contribution in [-0.2, 0) is 9.53 Å². The Balaban J connectivity index is 2.04. The molecule has 3 aliphatic rings. The average Bonchev–Trinajstić information content (AvgIpc) is 2.84. The normalized spacial score (nSPS) is 42.9. The maximum atomic E-state index is 12.0. The van der Waals surface area contributed by atoms with E-state index in [9.17, 15) is 4.79 Å². The van der Waals surface area contributed by atoms with Crippen LogP contribution >= 0.6 is 0 Å². The summed E-state index contributed by atoms with van der Waals surface area (Å²) in [4.78, 5) is 12.0. The zero-order chi connectivity index (χ0) is 12.4. The van der Waals surface area contributed by atoms with Gasteiger partial charge in [-0.2, -0.15) is 0 Å². The molecule has 92 valence electrons. The van der Waals surface area contributed by atoms with E-state index >= 15 is 0 Å². The highest BCUT2D eigenvalue weighted by molar-refractivity contribution is 5.78. The number of esters is 1. The van der Waals surface area contributed by atoms with Gasteiger partial charge in [-0.05, 0) is 42.6 Å². The second kappa shape index (κ2) is 3.24. The van der Waals surface area contributed by atoms with Crippen molar-refractivity contribution in [2.24, 2.45) is 29.1 Å². The molecule has 0 aromatic heterocycles. The quantitative estimate of drug-likeness (QED) is 0.473. The fourth-order valence-electron chi connectivity index (χ4n) is 4.17. The van der Waals surface area contributed by atoms with Crippen LogP contribution in [0.15, 0.2) is 24.0 Å². The molecule has 0 spiro atoms. The Kier molecular flexibility index (Phi) is 2.11. The summed E-state index contributed by atoms with van der Waals surface area (Å²) < 4.78 is 5.16. The van der Waals surface area contributed by atoms with Crippen LogP contribution in [0.2, 0.25) is 0 Å². The van der Waals surface area contributed by atoms with Crippen molar-refractivity contribution in [2.45, 2.75) is 33.6 Å². The van der Waals surface area contributed by atoms with Crippen molar-refractivity contribution in [3.8, 4) is 0 Å². The minimum absolute atomic E-state index is 0.0863. The standard InChI is InChI=1S/C15H20O2/c1-8-5-6-10-13(15(10,3)4)11-9(2)7-17-14(16)12(8)11/h7,10-13H,1,5-6H2,2-4H3. The average molecular weight is 232 g/mol. The summed E-state index contributed by atoms with van der Waals surface area (Å²) in [6.07, 6.45) is 3.83. The summed E-state index contributed by atoms with van der Waals surface area (Å²) in [5, 5.41) is 0. The second-order valence-corrected chi connectivity index (χ2v) is 6.45. The molecular formula is C15H20O2. The molecule has 4 atom stereocenters. The van der Waals surface area contributed by atoms with E-state index in [-0.39, 0.29) is 11.9 Å². The lowest BCUT2D eigenvalue weighted by Crippen LogP contribution is -2.32. The summed E-state index contributed by atoms with van der Waals surface area (Å²) in [6.45, 7) is 10.9. The lowest BCUT2D eigenvalue weighted by molar-refractivity contribution is -0.144. The monoisotopic (exact) mass is 232 g/mol. The third-order valence-corrected chi connectivity index (χ3v) is 5.24. The third kappa shape index (κ3) is 1.36. The number of carbonyl (C=O) groups is 1. The molecule has 0 N–H and O–H groups in total. The van der Waals surface area contributed by atoms with Crippen LogP contribution in [0.25, 0.3) is 0 Å². The van der Waals surface area contributed by atoms with Gasteiger partial charge in [-0.1, -0.05) is 26.0 Å². The van der Waals surface area contributed by atoms with Gasteiger partial charge in [0.15, 0.2) is 0 Å². The predicted molar refractivity (Wildman–Crippen MR) is 66.0 cm³/mol. The van der Waals surface area contributed by atoms with Gasteiger partial charge in [-0.25, -0.2) is 0 Å². The first-order chi connectivity index (χ1) is 7.94. The smallest absolute Gasteiger partial charge is 0.318 e. The molecule has 0 aromatic carbocycles. The van der Waals surface area contributed by atoms with Gasteiger partial charge in [0.25, 0.3) is 0 Å². The molecule has 0 radical (unpaired) electrons. The fourth-order valence-corrected chi connectivity index (χ4v) is 4.17. The van der Waals surface area contributed by atoms with Crippen LogP contribution in [0.4, 0.5) is 0 Å². The van der Waals surface area contributed by atoms with Gasteiger partial charge < -0.3 is 4.74 Å². The van der Waals surface area contributed by atoms with E-state index in [0.717, 1.165) is 17.9 Å². The van der Waals surface area contributed by atoms with Crippen LogP contribution in [0, 0.1) is 29.1 Å². The summed E-state index contributed by atoms with van der Waals surface area (Å²) in [7, 11) is 0. The zero-order valence-corrected chi connectivity index (χ0v) is 10.8. The minimum atomic E-state index is -0.0889. The highest BCUT2D eigenvalue weighted by Crippen LogP contribution is 2.68. The number of carbonyl (C=O) groups excluding carboxylic acids is 1. The van der Waals surface area contributed by atoms with Gasteiger partial charge in [0.1, 0.15) is 0 Å². The number of rotatable bonds is 0. The number of cyclic esters (lactones) is 1. The largest absolute Gasteiger partial charge is 0.434 e. The van der Waals surface area contributed by atoms with E-state index in [1.807, 2.05) is 0 Å². The van der Waals surface area contributed by atoms with E-state index in [1.165, 1.54) is 12.0 Å². The van der Waals surface area contributed by atoms with Crippen molar-refractivity contribution in [1.82, 2.24) is 0 Å². The van der Waals surface area contributed by atoms with Crippen molar-refractivity contribution in [3.63, 3.8) is 0 Å². The van der Waals surface area contributed by atoms with Crippen LogP contribution in [0.5, 0.6) is 0 Å². The lowest BCUT2D eigenvalue weighted by Gasteiger charge is -2.31. The highest BCUT2D eigenvalue weighted by atomic mass is 16.5. The lowest BCUT2D eigenvalue weighted by atomic mass is 9.76. The molecule has 2 aliphatic carbocycles. The summed E-state index contributed by atoms with van der Waals surface area (Å²) in [6, 6.07) is 0. The Labute approximate surface area is 103 Å². The van der Waals surface area contributed by atoms with Gasteiger partial charge >= 0.3 is 5.97 Å². The first-order valence-corrected chi connectivity index (χ1v) is 6.49. The van der Waals surface area contributed by atoms with Crippen molar-refractivity contribution in [2.75, 3.05) is 0 Å². The highest BCUT2D eigenvalue weighted by Gasteiger charge is 2.64. The number of fused-ring (bicyclic) bond motifs is 3. The van der Waals surface area contributed by atoms with E-state index < -0.39 is 0 Å². The Hall–Kier alpha value is -1.05. The van der Waals surface area contributed by atoms with Crippen molar-refractivity contribution in [1.29, 1.82) is 0 Å². The maximum Gasteiger partial charge on any atom is 0.318 e. The van der Waals surface area contributed by atoms with Gasteiger partial charge in [0, 0.05) is 5.92 Å². The number of allylic oxidation sites excluding steroid dienone is 1. The van der Waals surface area contributed by atoms with Gasteiger partial charge in [-0.15, -0.1) is 0 Å². The molecule has 17 heavy (non-hydrogen) atoms. The van der Waals surface area contributed by atoms with Crippen molar-refractivity contribution in [3.05, 3.63) is 24.0 Å². The molecule has 3 rings (SSSR count). The Morgan fingerprint density at radius 2 is 2.18 bits per heavy atom. The molecule has 0 amide bonds. The van der Waals surface area contributed by atoms with Crippen molar-refractivity contribution >= 4 is 5.97 Å². The van der Waals surface area contributed by atoms with E-state index in [4.69, 9.17) is 4.74 Å². The first-order valence-electron chi connectivity index (χ1n) is 6.49. The number of hydrogen-bond acceptors (Lipinski definition) is 2. The Morgan fingerprint density at radius 1 is 1.47 bits per heavy atom. The molecule has 2 heteroatoms. The number of hydrogen-bond donors (Lipinski definition) is 0. The predicted octanol–water partition coefficient (Wildman–Crippen LogP) is 3.30. The topological polar surface area (TPSA) is 26.3 Å². The molecule has 0 saturated heterocycles. The maximum absolute atomic E-state index is 12.0. The van der Waals surface area contributed by atoms with E-state index in [1.54, 1.807) is 6.26 Å². The summed E-state index contributed by atoms with van der Waals surface area (Å²) in [5.41, 5.74) is 2.68.